The quantitative estimate of drug-likeness (QED) is 0.640. The van der Waals surface area contributed by atoms with E-state index in [2.05, 4.69) is 50.8 Å². The molecule has 7 nitrogen and oxygen atoms in total. The van der Waals surface area contributed by atoms with E-state index in [1.807, 2.05) is 12.1 Å². The Bertz CT molecular complexity index is 592. The Balaban J connectivity index is 2.25. The van der Waals surface area contributed by atoms with Crippen LogP contribution in [0.4, 0.5) is 23.5 Å². The van der Waals surface area contributed by atoms with E-state index in [1.165, 1.54) is 11.1 Å². The minimum Gasteiger partial charge on any atom is -0.357 e. The van der Waals surface area contributed by atoms with E-state index in [0.717, 1.165) is 5.69 Å². The van der Waals surface area contributed by atoms with Crippen LogP contribution in [0.25, 0.3) is 0 Å². The Hall–Kier alpha value is -2.41. The molecule has 0 aliphatic heterocycles. The van der Waals surface area contributed by atoms with Gasteiger partial charge < -0.3 is 21.7 Å². The van der Waals surface area contributed by atoms with Crippen molar-refractivity contribution < 1.29 is 0 Å². The van der Waals surface area contributed by atoms with Crippen molar-refractivity contribution in [2.45, 2.75) is 13.8 Å². The van der Waals surface area contributed by atoms with Crippen molar-refractivity contribution in [1.82, 2.24) is 15.0 Å². The molecule has 112 valence electrons. The van der Waals surface area contributed by atoms with E-state index in [9.17, 15) is 0 Å². The number of rotatable bonds is 6. The van der Waals surface area contributed by atoms with Gasteiger partial charge in [0.1, 0.15) is 0 Å². The van der Waals surface area contributed by atoms with Crippen molar-refractivity contribution in [3.8, 4) is 0 Å². The van der Waals surface area contributed by atoms with Gasteiger partial charge in [0.15, 0.2) is 0 Å². The molecule has 0 saturated heterocycles. The minimum atomic E-state index is 0.485. The van der Waals surface area contributed by atoms with E-state index >= 15 is 0 Å². The van der Waals surface area contributed by atoms with Gasteiger partial charge in [-0.25, -0.2) is 0 Å². The third-order valence-electron chi connectivity index (χ3n) is 2.76. The van der Waals surface area contributed by atoms with Crippen LogP contribution in [0, 0.1) is 13.8 Å². The van der Waals surface area contributed by atoms with Crippen LogP contribution in [-0.2, 0) is 0 Å². The lowest BCUT2D eigenvalue weighted by Crippen LogP contribution is -2.16. The molecule has 1 aromatic carbocycles. The summed E-state index contributed by atoms with van der Waals surface area (Å²) in [5.41, 5.74) is 8.79. The summed E-state index contributed by atoms with van der Waals surface area (Å²) in [6.07, 6.45) is 0. The summed E-state index contributed by atoms with van der Waals surface area (Å²) >= 11 is 0. The molecule has 0 radical (unpaired) electrons. The third-order valence-corrected chi connectivity index (χ3v) is 2.76. The summed E-state index contributed by atoms with van der Waals surface area (Å²) in [4.78, 5) is 12.9. The van der Waals surface area contributed by atoms with Crippen LogP contribution in [0.2, 0.25) is 0 Å². The zero-order chi connectivity index (χ0) is 15.2. The van der Waals surface area contributed by atoms with Crippen LogP contribution in [0.1, 0.15) is 11.1 Å². The van der Waals surface area contributed by atoms with E-state index in [0.29, 0.717) is 30.9 Å². The second kappa shape index (κ2) is 6.85. The molecule has 2 rings (SSSR count). The lowest BCUT2D eigenvalue weighted by Gasteiger charge is -2.10. The van der Waals surface area contributed by atoms with Crippen LogP contribution in [0.3, 0.4) is 0 Å². The zero-order valence-electron chi connectivity index (χ0n) is 12.6. The number of aromatic nitrogens is 3. The topological polar surface area (TPSA) is 101 Å². The Morgan fingerprint density at radius 3 is 2.19 bits per heavy atom. The largest absolute Gasteiger partial charge is 0.357 e. The van der Waals surface area contributed by atoms with E-state index in [1.54, 1.807) is 7.05 Å². The molecule has 0 aliphatic rings. The van der Waals surface area contributed by atoms with Gasteiger partial charge in [-0.1, -0.05) is 6.07 Å². The van der Waals surface area contributed by atoms with Crippen molar-refractivity contribution >= 4 is 23.5 Å². The van der Waals surface area contributed by atoms with E-state index in [-0.39, 0.29) is 0 Å². The first-order valence-electron chi connectivity index (χ1n) is 6.84. The van der Waals surface area contributed by atoms with Gasteiger partial charge in [0.05, 0.1) is 0 Å². The summed E-state index contributed by atoms with van der Waals surface area (Å²) in [6, 6.07) is 6.21. The molecule has 0 atom stereocenters. The number of nitrogens with one attached hydrogen (secondary N) is 3. The second-order valence-corrected chi connectivity index (χ2v) is 4.77. The summed E-state index contributed by atoms with van der Waals surface area (Å²) in [7, 11) is 1.77. The molecule has 21 heavy (non-hydrogen) atoms. The van der Waals surface area contributed by atoms with Gasteiger partial charge in [-0.15, -0.1) is 0 Å². The first-order valence-corrected chi connectivity index (χ1v) is 6.84. The molecule has 5 N–H and O–H groups in total. The van der Waals surface area contributed by atoms with Gasteiger partial charge in [0.25, 0.3) is 0 Å². The normalized spacial score (nSPS) is 10.3. The number of hydrogen-bond acceptors (Lipinski definition) is 7. The molecule has 0 unspecified atom stereocenters. The highest BCUT2D eigenvalue weighted by molar-refractivity contribution is 5.57. The first-order chi connectivity index (χ1) is 10.1. The molecular formula is C14H21N7. The van der Waals surface area contributed by atoms with Crippen LogP contribution in [0.15, 0.2) is 18.2 Å². The molecule has 0 spiro atoms. The lowest BCUT2D eigenvalue weighted by atomic mass is 10.1. The van der Waals surface area contributed by atoms with Crippen LogP contribution in [0.5, 0.6) is 0 Å². The molecule has 7 heteroatoms. The zero-order valence-corrected chi connectivity index (χ0v) is 12.6. The van der Waals surface area contributed by atoms with E-state index in [4.69, 9.17) is 5.73 Å². The van der Waals surface area contributed by atoms with Gasteiger partial charge in [-0.2, -0.15) is 15.0 Å². The summed E-state index contributed by atoms with van der Waals surface area (Å²) < 4.78 is 0. The van der Waals surface area contributed by atoms with Gasteiger partial charge >= 0.3 is 0 Å². The highest BCUT2D eigenvalue weighted by atomic mass is 15.3. The molecule has 0 aliphatic carbocycles. The van der Waals surface area contributed by atoms with Crippen LogP contribution >= 0.6 is 0 Å². The lowest BCUT2D eigenvalue weighted by molar-refractivity contribution is 0.971. The van der Waals surface area contributed by atoms with E-state index < -0.39 is 0 Å². The summed E-state index contributed by atoms with van der Waals surface area (Å²) in [6.45, 7) is 5.23. The molecule has 0 saturated carbocycles. The predicted molar refractivity (Wildman–Crippen MR) is 86.1 cm³/mol. The van der Waals surface area contributed by atoms with Crippen molar-refractivity contribution in [2.24, 2.45) is 5.73 Å². The van der Waals surface area contributed by atoms with Crippen LogP contribution in [-0.4, -0.2) is 35.1 Å². The maximum absolute atomic E-state index is 5.48. The molecular weight excluding hydrogens is 266 g/mol. The number of nitrogens with two attached hydrogens (primary N) is 1. The number of benzene rings is 1. The molecule has 2 aromatic rings. The van der Waals surface area contributed by atoms with Gasteiger partial charge in [-0.05, 0) is 37.1 Å². The Labute approximate surface area is 124 Å². The van der Waals surface area contributed by atoms with Gasteiger partial charge in [0, 0.05) is 25.8 Å². The smallest absolute Gasteiger partial charge is 0.233 e. The van der Waals surface area contributed by atoms with Crippen molar-refractivity contribution in [1.29, 1.82) is 0 Å². The maximum atomic E-state index is 5.48. The van der Waals surface area contributed by atoms with Crippen molar-refractivity contribution in [3.63, 3.8) is 0 Å². The molecule has 1 aromatic heterocycles. The molecule has 0 fully saturated rings. The number of hydrogen-bond donors (Lipinski definition) is 4. The third kappa shape index (κ3) is 4.28. The minimum absolute atomic E-state index is 0.485. The monoisotopic (exact) mass is 287 g/mol. The Morgan fingerprint density at radius 1 is 0.952 bits per heavy atom. The average molecular weight is 287 g/mol. The fourth-order valence-corrected chi connectivity index (χ4v) is 1.98. The SMILES string of the molecule is CNc1nc(NCCN)nc(Nc2cc(C)cc(C)c2)n1. The first kappa shape index (κ1) is 15.0. The molecule has 0 bridgehead atoms. The molecule has 1 heterocycles. The standard InChI is InChI=1S/C14H21N7/c1-9-6-10(2)8-11(7-9)18-14-20-12(16-3)19-13(21-14)17-5-4-15/h6-8H,4-5,15H2,1-3H3,(H3,16,17,18,19,20,21). The number of aryl methyl sites for hydroxylation is 2. The maximum Gasteiger partial charge on any atom is 0.233 e. The molecule has 0 amide bonds. The predicted octanol–water partition coefficient (Wildman–Crippen LogP) is 1.64. The number of anilines is 4. The summed E-state index contributed by atoms with van der Waals surface area (Å²) in [5, 5.41) is 9.17. The van der Waals surface area contributed by atoms with Crippen LogP contribution < -0.4 is 21.7 Å². The van der Waals surface area contributed by atoms with Crippen molar-refractivity contribution in [2.75, 3.05) is 36.1 Å². The Kier molecular flexibility index (Phi) is 4.89. The number of nitrogens with zero attached hydrogens (tertiary/aromatic N) is 3. The Morgan fingerprint density at radius 2 is 1.57 bits per heavy atom. The fraction of sp³-hybridized carbons (Fsp3) is 0.357. The summed E-state index contributed by atoms with van der Waals surface area (Å²) in [5.74, 6) is 1.47. The fourth-order valence-electron chi connectivity index (χ4n) is 1.98. The van der Waals surface area contributed by atoms with Crippen molar-refractivity contribution in [3.05, 3.63) is 29.3 Å². The highest BCUT2D eigenvalue weighted by Crippen LogP contribution is 2.18. The van der Waals surface area contributed by atoms with Gasteiger partial charge in [0.2, 0.25) is 17.8 Å². The highest BCUT2D eigenvalue weighted by Gasteiger charge is 2.06. The average Bonchev–Trinajstić information content (AvgIpc) is 2.43. The van der Waals surface area contributed by atoms with Gasteiger partial charge in [-0.3, -0.25) is 0 Å². The second-order valence-electron chi connectivity index (χ2n) is 4.77.